The molecule has 15 heavy (non-hydrogen) atoms. The normalized spacial score (nSPS) is 29.1. The van der Waals surface area contributed by atoms with Crippen LogP contribution in [0.2, 0.25) is 0 Å². The fourth-order valence-electron chi connectivity index (χ4n) is 1.17. The van der Waals surface area contributed by atoms with Gasteiger partial charge in [0.1, 0.15) is 0 Å². The number of carbonyl (C=O) groups is 2. The highest BCUT2D eigenvalue weighted by atomic mass is 79.9. The SMILES string of the molecule is CCCOC(=O)C=CC1(C(=O)O)CC1Br. The lowest BCUT2D eigenvalue weighted by atomic mass is 10.1. The molecule has 1 aliphatic rings. The van der Waals surface area contributed by atoms with Gasteiger partial charge in [-0.25, -0.2) is 4.79 Å². The van der Waals surface area contributed by atoms with Gasteiger partial charge >= 0.3 is 11.9 Å². The Labute approximate surface area is 96.4 Å². The summed E-state index contributed by atoms with van der Waals surface area (Å²) in [6.07, 6.45) is 3.88. The standard InChI is InChI=1S/C10H13BrO4/c1-2-5-15-8(12)3-4-10(9(13)14)6-7(10)11/h3-4,7H,2,5-6H2,1H3,(H,13,14). The third kappa shape index (κ3) is 2.81. The molecule has 0 saturated heterocycles. The molecule has 1 rings (SSSR count). The fraction of sp³-hybridized carbons (Fsp3) is 0.600. The molecule has 2 unspecified atom stereocenters. The maximum atomic E-state index is 11.1. The van der Waals surface area contributed by atoms with E-state index < -0.39 is 17.4 Å². The van der Waals surface area contributed by atoms with Crippen molar-refractivity contribution in [3.8, 4) is 0 Å². The highest BCUT2D eigenvalue weighted by Gasteiger charge is 2.57. The molecule has 1 fully saturated rings. The van der Waals surface area contributed by atoms with E-state index in [0.29, 0.717) is 13.0 Å². The Bertz CT molecular complexity index is 300. The van der Waals surface area contributed by atoms with Crippen LogP contribution in [-0.2, 0) is 14.3 Å². The Morgan fingerprint density at radius 3 is 2.67 bits per heavy atom. The van der Waals surface area contributed by atoms with E-state index in [-0.39, 0.29) is 4.83 Å². The van der Waals surface area contributed by atoms with Crippen LogP contribution in [0.15, 0.2) is 12.2 Å². The minimum atomic E-state index is -0.913. The van der Waals surface area contributed by atoms with Crippen molar-refractivity contribution in [1.29, 1.82) is 0 Å². The topological polar surface area (TPSA) is 63.6 Å². The first-order valence-electron chi connectivity index (χ1n) is 4.76. The van der Waals surface area contributed by atoms with Crippen molar-refractivity contribution >= 4 is 27.9 Å². The first-order valence-corrected chi connectivity index (χ1v) is 5.68. The minimum absolute atomic E-state index is 0.0854. The van der Waals surface area contributed by atoms with Gasteiger partial charge in [-0.1, -0.05) is 28.9 Å². The van der Waals surface area contributed by atoms with Gasteiger partial charge in [-0.2, -0.15) is 0 Å². The molecule has 1 saturated carbocycles. The van der Waals surface area contributed by atoms with Crippen LogP contribution in [-0.4, -0.2) is 28.5 Å². The van der Waals surface area contributed by atoms with Gasteiger partial charge in [0, 0.05) is 10.9 Å². The quantitative estimate of drug-likeness (QED) is 0.472. The summed E-state index contributed by atoms with van der Waals surface area (Å²) in [7, 11) is 0. The molecule has 0 radical (unpaired) electrons. The minimum Gasteiger partial charge on any atom is -0.481 e. The molecule has 5 heteroatoms. The lowest BCUT2D eigenvalue weighted by molar-refractivity contribution is -0.141. The molecule has 0 aromatic carbocycles. The molecule has 84 valence electrons. The van der Waals surface area contributed by atoms with E-state index in [2.05, 4.69) is 15.9 Å². The van der Waals surface area contributed by atoms with Crippen molar-refractivity contribution in [2.75, 3.05) is 6.61 Å². The summed E-state index contributed by atoms with van der Waals surface area (Å²) >= 11 is 3.22. The van der Waals surface area contributed by atoms with Crippen LogP contribution < -0.4 is 0 Å². The number of rotatable bonds is 5. The monoisotopic (exact) mass is 276 g/mol. The molecule has 0 spiro atoms. The Hall–Kier alpha value is -0.840. The number of esters is 1. The second kappa shape index (κ2) is 4.79. The van der Waals surface area contributed by atoms with Crippen LogP contribution in [0.25, 0.3) is 0 Å². The van der Waals surface area contributed by atoms with E-state index in [0.717, 1.165) is 6.42 Å². The van der Waals surface area contributed by atoms with Crippen molar-refractivity contribution in [1.82, 2.24) is 0 Å². The van der Waals surface area contributed by atoms with Crippen LogP contribution >= 0.6 is 15.9 Å². The Balaban J connectivity index is 2.50. The third-order valence-corrected chi connectivity index (χ3v) is 3.42. The fourth-order valence-corrected chi connectivity index (χ4v) is 2.05. The van der Waals surface area contributed by atoms with E-state index >= 15 is 0 Å². The molecular weight excluding hydrogens is 264 g/mol. The number of carbonyl (C=O) groups excluding carboxylic acids is 1. The van der Waals surface area contributed by atoms with Crippen LogP contribution in [0, 0.1) is 5.41 Å². The van der Waals surface area contributed by atoms with Crippen LogP contribution in [0.4, 0.5) is 0 Å². The Kier molecular flexibility index (Phi) is 3.90. The number of hydrogen-bond donors (Lipinski definition) is 1. The largest absolute Gasteiger partial charge is 0.481 e. The number of carboxylic acid groups (broad SMARTS) is 1. The van der Waals surface area contributed by atoms with Gasteiger partial charge < -0.3 is 9.84 Å². The van der Waals surface area contributed by atoms with E-state index in [1.165, 1.54) is 12.2 Å². The summed E-state index contributed by atoms with van der Waals surface area (Å²) in [5.74, 6) is -1.40. The zero-order valence-corrected chi connectivity index (χ0v) is 9.99. The first-order chi connectivity index (χ1) is 7.03. The number of halogens is 1. The van der Waals surface area contributed by atoms with Gasteiger partial charge in [0.25, 0.3) is 0 Å². The average molecular weight is 277 g/mol. The number of hydrogen-bond acceptors (Lipinski definition) is 3. The highest BCUT2D eigenvalue weighted by molar-refractivity contribution is 9.09. The lowest BCUT2D eigenvalue weighted by Gasteiger charge is -2.03. The molecule has 1 N–H and O–H groups in total. The number of alkyl halides is 1. The van der Waals surface area contributed by atoms with Gasteiger partial charge in [-0.05, 0) is 12.8 Å². The Morgan fingerprint density at radius 2 is 2.27 bits per heavy atom. The van der Waals surface area contributed by atoms with Gasteiger partial charge in [0.2, 0.25) is 0 Å². The summed E-state index contributed by atoms with van der Waals surface area (Å²) in [6, 6.07) is 0. The number of aliphatic carboxylic acids is 1. The predicted molar refractivity (Wildman–Crippen MR) is 57.8 cm³/mol. The second-order valence-corrected chi connectivity index (χ2v) is 4.62. The molecule has 0 aliphatic heterocycles. The van der Waals surface area contributed by atoms with E-state index in [1.807, 2.05) is 6.92 Å². The Morgan fingerprint density at radius 1 is 1.67 bits per heavy atom. The van der Waals surface area contributed by atoms with E-state index in [9.17, 15) is 9.59 Å². The molecule has 1 aliphatic carbocycles. The summed E-state index contributed by atoms with van der Waals surface area (Å²) in [5.41, 5.74) is -0.911. The van der Waals surface area contributed by atoms with Crippen molar-refractivity contribution in [3.63, 3.8) is 0 Å². The van der Waals surface area contributed by atoms with Gasteiger partial charge in [-0.15, -0.1) is 0 Å². The van der Waals surface area contributed by atoms with Gasteiger partial charge in [0.05, 0.1) is 12.0 Å². The van der Waals surface area contributed by atoms with Crippen LogP contribution in [0.5, 0.6) is 0 Å². The van der Waals surface area contributed by atoms with Crippen LogP contribution in [0.3, 0.4) is 0 Å². The molecule has 0 heterocycles. The second-order valence-electron chi connectivity index (χ2n) is 3.52. The van der Waals surface area contributed by atoms with Crippen molar-refractivity contribution in [3.05, 3.63) is 12.2 Å². The summed E-state index contributed by atoms with van der Waals surface area (Å²) < 4.78 is 4.80. The summed E-state index contributed by atoms with van der Waals surface area (Å²) in [4.78, 5) is 21.9. The predicted octanol–water partition coefficient (Wildman–Crippen LogP) is 1.73. The molecular formula is C10H13BrO4. The maximum absolute atomic E-state index is 11.1. The zero-order chi connectivity index (χ0) is 11.5. The van der Waals surface area contributed by atoms with E-state index in [1.54, 1.807) is 0 Å². The van der Waals surface area contributed by atoms with E-state index in [4.69, 9.17) is 9.84 Å². The first kappa shape index (κ1) is 12.2. The summed E-state index contributed by atoms with van der Waals surface area (Å²) in [5, 5.41) is 8.93. The van der Waals surface area contributed by atoms with Gasteiger partial charge in [-0.3, -0.25) is 4.79 Å². The zero-order valence-electron chi connectivity index (χ0n) is 8.40. The molecule has 0 bridgehead atoms. The highest BCUT2D eigenvalue weighted by Crippen LogP contribution is 2.52. The molecule has 0 amide bonds. The number of carboxylic acids is 1. The smallest absolute Gasteiger partial charge is 0.330 e. The van der Waals surface area contributed by atoms with Crippen molar-refractivity contribution in [2.45, 2.75) is 24.6 Å². The average Bonchev–Trinajstić information content (AvgIpc) is 2.85. The lowest BCUT2D eigenvalue weighted by Crippen LogP contribution is -2.15. The third-order valence-electron chi connectivity index (χ3n) is 2.28. The van der Waals surface area contributed by atoms with Crippen LogP contribution in [0.1, 0.15) is 19.8 Å². The molecule has 0 aromatic rings. The number of ether oxygens (including phenoxy) is 1. The van der Waals surface area contributed by atoms with Gasteiger partial charge in [0.15, 0.2) is 0 Å². The van der Waals surface area contributed by atoms with Crippen molar-refractivity contribution < 1.29 is 19.4 Å². The molecule has 2 atom stereocenters. The maximum Gasteiger partial charge on any atom is 0.330 e. The molecule has 0 aromatic heterocycles. The molecule has 4 nitrogen and oxygen atoms in total. The summed E-state index contributed by atoms with van der Waals surface area (Å²) in [6.45, 7) is 2.26. The van der Waals surface area contributed by atoms with Crippen molar-refractivity contribution in [2.24, 2.45) is 5.41 Å².